The molecule has 0 unspecified atom stereocenters. The number of anilines is 1. The summed E-state index contributed by atoms with van der Waals surface area (Å²) in [6.07, 6.45) is 1.65. The number of aromatic nitrogens is 1. The van der Waals surface area contributed by atoms with E-state index in [1.807, 2.05) is 23.9 Å². The topological polar surface area (TPSA) is 74.7 Å². The van der Waals surface area contributed by atoms with Crippen LogP contribution in [0.5, 0.6) is 0 Å². The number of nitrogens with zero attached hydrogens (tertiary/aromatic N) is 3. The van der Waals surface area contributed by atoms with Crippen LogP contribution in [0.3, 0.4) is 0 Å². The molecule has 2 heterocycles. The van der Waals surface area contributed by atoms with E-state index in [9.17, 15) is 0 Å². The molecule has 0 amide bonds. The normalized spacial score (nSPS) is 19.9. The minimum Gasteiger partial charge on any atom is -0.409 e. The van der Waals surface area contributed by atoms with Crippen molar-refractivity contribution in [3.63, 3.8) is 0 Å². The molecule has 1 fully saturated rings. The highest BCUT2D eigenvalue weighted by Crippen LogP contribution is 2.32. The Labute approximate surface area is 111 Å². The van der Waals surface area contributed by atoms with E-state index in [2.05, 4.69) is 28.9 Å². The zero-order valence-electron chi connectivity index (χ0n) is 10.6. The number of thioether (sulfide) groups is 1. The Morgan fingerprint density at radius 3 is 3.06 bits per heavy atom. The third-order valence-corrected chi connectivity index (χ3v) is 4.20. The van der Waals surface area contributed by atoms with Gasteiger partial charge in [-0.1, -0.05) is 5.16 Å². The summed E-state index contributed by atoms with van der Waals surface area (Å²) in [6.45, 7) is 6.33. The van der Waals surface area contributed by atoms with Crippen molar-refractivity contribution in [2.75, 3.05) is 23.7 Å². The Morgan fingerprint density at radius 2 is 2.39 bits per heavy atom. The van der Waals surface area contributed by atoms with E-state index in [1.54, 1.807) is 6.20 Å². The van der Waals surface area contributed by atoms with E-state index in [1.165, 1.54) is 0 Å². The lowest BCUT2D eigenvalue weighted by atomic mass is 10.1. The van der Waals surface area contributed by atoms with Crippen LogP contribution in [0.1, 0.15) is 19.5 Å². The summed E-state index contributed by atoms with van der Waals surface area (Å²) in [5.74, 6) is 1.12. The summed E-state index contributed by atoms with van der Waals surface area (Å²) in [5, 5.41) is 11.9. The molecule has 0 aliphatic carbocycles. The van der Waals surface area contributed by atoms with Gasteiger partial charge in [0, 0.05) is 29.8 Å². The summed E-state index contributed by atoms with van der Waals surface area (Å²) in [6, 6.07) is 3.84. The second-order valence-corrected chi connectivity index (χ2v) is 6.69. The Bertz CT molecular complexity index is 461. The van der Waals surface area contributed by atoms with Crippen molar-refractivity contribution in [2.24, 2.45) is 10.9 Å². The standard InChI is InChI=1S/C12H18N4OS/c1-12(2)8-16(6-7-18-12)9-4-3-5-14-10(9)11(13)15-17/h3-5,17H,6-8H2,1-2H3,(H2,13,15). The van der Waals surface area contributed by atoms with Crippen LogP contribution in [-0.4, -0.2) is 39.6 Å². The Balaban J connectivity index is 2.33. The van der Waals surface area contributed by atoms with Gasteiger partial charge in [-0.25, -0.2) is 0 Å². The lowest BCUT2D eigenvalue weighted by molar-refractivity contribution is 0.318. The Morgan fingerprint density at radius 1 is 1.61 bits per heavy atom. The van der Waals surface area contributed by atoms with Crippen molar-refractivity contribution in [1.29, 1.82) is 0 Å². The lowest BCUT2D eigenvalue weighted by Gasteiger charge is -2.39. The molecule has 18 heavy (non-hydrogen) atoms. The van der Waals surface area contributed by atoms with E-state index in [0.717, 1.165) is 24.5 Å². The minimum absolute atomic E-state index is 0.0571. The number of amidine groups is 1. The summed E-state index contributed by atoms with van der Waals surface area (Å²) >= 11 is 1.97. The third kappa shape index (κ3) is 2.69. The van der Waals surface area contributed by atoms with Gasteiger partial charge in [0.15, 0.2) is 5.84 Å². The molecule has 0 aromatic carbocycles. The second-order valence-electron chi connectivity index (χ2n) is 4.89. The maximum Gasteiger partial charge on any atom is 0.190 e. The van der Waals surface area contributed by atoms with Crippen LogP contribution < -0.4 is 10.6 Å². The van der Waals surface area contributed by atoms with Crippen molar-refractivity contribution < 1.29 is 5.21 Å². The summed E-state index contributed by atoms with van der Waals surface area (Å²) in [7, 11) is 0. The first-order valence-electron chi connectivity index (χ1n) is 5.85. The van der Waals surface area contributed by atoms with Crippen molar-refractivity contribution in [3.05, 3.63) is 24.0 Å². The van der Waals surface area contributed by atoms with Crippen LogP contribution in [0.15, 0.2) is 23.5 Å². The Hall–Kier alpha value is -1.43. The molecule has 1 aromatic rings. The van der Waals surface area contributed by atoms with Gasteiger partial charge < -0.3 is 15.8 Å². The fourth-order valence-corrected chi connectivity index (χ4v) is 3.23. The van der Waals surface area contributed by atoms with Crippen LogP contribution in [0.4, 0.5) is 5.69 Å². The molecule has 1 aliphatic heterocycles. The van der Waals surface area contributed by atoms with Crippen LogP contribution in [0, 0.1) is 0 Å². The zero-order valence-corrected chi connectivity index (χ0v) is 11.4. The first-order chi connectivity index (χ1) is 8.53. The highest BCUT2D eigenvalue weighted by atomic mass is 32.2. The number of oxime groups is 1. The van der Waals surface area contributed by atoms with Crippen molar-refractivity contribution in [2.45, 2.75) is 18.6 Å². The molecule has 3 N–H and O–H groups in total. The predicted octanol–water partition coefficient (Wildman–Crippen LogP) is 1.51. The molecule has 6 heteroatoms. The van der Waals surface area contributed by atoms with Crippen molar-refractivity contribution >= 4 is 23.3 Å². The van der Waals surface area contributed by atoms with Gasteiger partial charge in [-0.2, -0.15) is 11.8 Å². The molecular formula is C12H18N4OS. The van der Waals surface area contributed by atoms with Gasteiger partial charge in [0.1, 0.15) is 5.69 Å². The lowest BCUT2D eigenvalue weighted by Crippen LogP contribution is -2.44. The molecule has 1 aromatic heterocycles. The van der Waals surface area contributed by atoms with E-state index < -0.39 is 0 Å². The average Bonchev–Trinajstić information content (AvgIpc) is 2.36. The smallest absolute Gasteiger partial charge is 0.190 e. The molecule has 1 aliphatic rings. The summed E-state index contributed by atoms with van der Waals surface area (Å²) < 4.78 is 0.205. The van der Waals surface area contributed by atoms with E-state index in [4.69, 9.17) is 10.9 Å². The molecule has 0 spiro atoms. The molecule has 2 rings (SSSR count). The van der Waals surface area contributed by atoms with Gasteiger partial charge in [0.25, 0.3) is 0 Å². The molecule has 0 radical (unpaired) electrons. The van der Waals surface area contributed by atoms with Crippen molar-refractivity contribution in [1.82, 2.24) is 4.98 Å². The quantitative estimate of drug-likeness (QED) is 0.367. The second kappa shape index (κ2) is 5.06. The first kappa shape index (κ1) is 13.0. The predicted molar refractivity (Wildman–Crippen MR) is 75.5 cm³/mol. The monoisotopic (exact) mass is 266 g/mol. The molecule has 1 saturated heterocycles. The van der Waals surface area contributed by atoms with E-state index in [0.29, 0.717) is 5.69 Å². The first-order valence-corrected chi connectivity index (χ1v) is 6.84. The van der Waals surface area contributed by atoms with E-state index >= 15 is 0 Å². The largest absolute Gasteiger partial charge is 0.409 e. The maximum absolute atomic E-state index is 8.81. The number of hydrogen-bond acceptors (Lipinski definition) is 5. The molecule has 0 saturated carbocycles. The Kier molecular flexibility index (Phi) is 3.65. The molecule has 0 atom stereocenters. The van der Waals surface area contributed by atoms with E-state index in [-0.39, 0.29) is 10.6 Å². The van der Waals surface area contributed by atoms with Crippen LogP contribution in [0.25, 0.3) is 0 Å². The summed E-state index contributed by atoms with van der Waals surface area (Å²) in [4.78, 5) is 6.46. The average molecular weight is 266 g/mol. The van der Waals surface area contributed by atoms with Crippen LogP contribution in [0.2, 0.25) is 0 Å². The van der Waals surface area contributed by atoms with Gasteiger partial charge in [0.2, 0.25) is 0 Å². The molecule has 0 bridgehead atoms. The molecule has 98 valence electrons. The third-order valence-electron chi connectivity index (χ3n) is 2.90. The number of rotatable bonds is 2. The zero-order chi connectivity index (χ0) is 13.2. The van der Waals surface area contributed by atoms with Gasteiger partial charge in [-0.3, -0.25) is 4.98 Å². The number of pyridine rings is 1. The summed E-state index contributed by atoms with van der Waals surface area (Å²) in [5.41, 5.74) is 7.15. The van der Waals surface area contributed by atoms with Gasteiger partial charge >= 0.3 is 0 Å². The maximum atomic E-state index is 8.81. The number of hydrogen-bond donors (Lipinski definition) is 2. The van der Waals surface area contributed by atoms with Crippen LogP contribution >= 0.6 is 11.8 Å². The highest BCUT2D eigenvalue weighted by molar-refractivity contribution is 8.00. The SMILES string of the molecule is CC1(C)CN(c2cccnc2/C(N)=N/O)CCS1. The van der Waals surface area contributed by atoms with Gasteiger partial charge in [-0.15, -0.1) is 0 Å². The minimum atomic E-state index is 0.0571. The fourth-order valence-electron chi connectivity index (χ4n) is 2.12. The van der Waals surface area contributed by atoms with Gasteiger partial charge in [0.05, 0.1) is 5.69 Å². The van der Waals surface area contributed by atoms with Crippen LogP contribution in [-0.2, 0) is 0 Å². The highest BCUT2D eigenvalue weighted by Gasteiger charge is 2.28. The molecule has 5 nitrogen and oxygen atoms in total. The molecular weight excluding hydrogens is 248 g/mol. The number of nitrogens with two attached hydrogens (primary N) is 1. The van der Waals surface area contributed by atoms with Gasteiger partial charge in [-0.05, 0) is 26.0 Å². The van der Waals surface area contributed by atoms with Crippen molar-refractivity contribution in [3.8, 4) is 0 Å². The fraction of sp³-hybridized carbons (Fsp3) is 0.500.